The summed E-state index contributed by atoms with van der Waals surface area (Å²) in [6.45, 7) is 5.22. The molecule has 0 fully saturated rings. The highest BCUT2D eigenvalue weighted by Crippen LogP contribution is 2.16. The maximum atomic E-state index is 12.0. The van der Waals surface area contributed by atoms with Crippen LogP contribution in [0.3, 0.4) is 0 Å². The second-order valence-electron chi connectivity index (χ2n) is 15.0. The van der Waals surface area contributed by atoms with Crippen LogP contribution in [0.25, 0.3) is 0 Å². The van der Waals surface area contributed by atoms with Crippen molar-refractivity contribution in [3.63, 3.8) is 0 Å². The fraction of sp³-hybridized carbons (Fsp3) is 0.933. The Labute approximate surface area is 297 Å². The fourth-order valence-electron chi connectivity index (χ4n) is 6.84. The minimum atomic E-state index is 0.0270. The number of carbonyl (C=O) groups is 1. The maximum Gasteiger partial charge on any atom is 0.305 e. The zero-order valence-electron chi connectivity index (χ0n) is 32.8. The normalized spacial score (nSPS) is 11.6. The van der Waals surface area contributed by atoms with Crippen LogP contribution in [-0.4, -0.2) is 12.6 Å². The van der Waals surface area contributed by atoms with Crippen molar-refractivity contribution in [1.29, 1.82) is 0 Å². The first-order valence-electron chi connectivity index (χ1n) is 22.1. The monoisotopic (exact) mass is 661 g/mol. The van der Waals surface area contributed by atoms with Gasteiger partial charge in [-0.25, -0.2) is 0 Å². The van der Waals surface area contributed by atoms with Gasteiger partial charge in [0, 0.05) is 6.42 Å². The third-order valence-electron chi connectivity index (χ3n) is 10.2. The molecule has 0 aromatic heterocycles. The summed E-state index contributed by atoms with van der Waals surface area (Å²) in [5.41, 5.74) is 0. The van der Waals surface area contributed by atoms with Crippen LogP contribution in [0.15, 0.2) is 12.2 Å². The first-order chi connectivity index (χ1) is 23.3. The van der Waals surface area contributed by atoms with Gasteiger partial charge in [0.05, 0.1) is 6.61 Å². The van der Waals surface area contributed by atoms with E-state index in [0.717, 1.165) is 12.8 Å². The van der Waals surface area contributed by atoms with E-state index in [1.165, 1.54) is 231 Å². The van der Waals surface area contributed by atoms with Gasteiger partial charge in [-0.3, -0.25) is 4.79 Å². The van der Waals surface area contributed by atoms with Gasteiger partial charge in [-0.1, -0.05) is 231 Å². The van der Waals surface area contributed by atoms with Crippen LogP contribution in [0.2, 0.25) is 0 Å². The van der Waals surface area contributed by atoms with Gasteiger partial charge in [0.25, 0.3) is 0 Å². The van der Waals surface area contributed by atoms with Gasteiger partial charge in [0.1, 0.15) is 0 Å². The molecule has 2 nitrogen and oxygen atoms in total. The van der Waals surface area contributed by atoms with Crippen molar-refractivity contribution in [3.8, 4) is 0 Å². The van der Waals surface area contributed by atoms with Crippen LogP contribution in [-0.2, 0) is 9.53 Å². The molecule has 0 aliphatic heterocycles. The van der Waals surface area contributed by atoms with Crippen molar-refractivity contribution >= 4 is 5.97 Å². The molecule has 0 aromatic rings. The molecule has 0 saturated carbocycles. The van der Waals surface area contributed by atoms with E-state index in [2.05, 4.69) is 26.0 Å². The van der Waals surface area contributed by atoms with E-state index in [1.54, 1.807) is 0 Å². The van der Waals surface area contributed by atoms with E-state index >= 15 is 0 Å². The molecule has 0 unspecified atom stereocenters. The molecule has 0 amide bonds. The standard InChI is InChI=1S/C45H88O2/c1-3-5-7-9-11-13-15-17-19-21-23-24-26-28-30-32-34-36-38-40-42-44-47-45(46)43-41-39-37-35-33-31-29-27-25-22-20-18-16-14-12-10-8-6-4-2/h18,20H,3-17,19,21-44H2,1-2H3. The Balaban J connectivity index is 3.17. The lowest BCUT2D eigenvalue weighted by molar-refractivity contribution is -0.143. The summed E-state index contributed by atoms with van der Waals surface area (Å²) in [7, 11) is 0. The summed E-state index contributed by atoms with van der Waals surface area (Å²) in [5.74, 6) is 0.0270. The minimum Gasteiger partial charge on any atom is -0.466 e. The number of rotatable bonds is 41. The molecule has 47 heavy (non-hydrogen) atoms. The number of allylic oxidation sites excluding steroid dienone is 2. The largest absolute Gasteiger partial charge is 0.466 e. The van der Waals surface area contributed by atoms with Crippen LogP contribution < -0.4 is 0 Å². The van der Waals surface area contributed by atoms with E-state index in [9.17, 15) is 4.79 Å². The highest BCUT2D eigenvalue weighted by Gasteiger charge is 2.03. The molecule has 0 N–H and O–H groups in total. The summed E-state index contributed by atoms with van der Waals surface area (Å²) in [5, 5.41) is 0. The smallest absolute Gasteiger partial charge is 0.305 e. The Morgan fingerprint density at radius 1 is 0.340 bits per heavy atom. The van der Waals surface area contributed by atoms with Gasteiger partial charge in [0.15, 0.2) is 0 Å². The van der Waals surface area contributed by atoms with Gasteiger partial charge in [0.2, 0.25) is 0 Å². The van der Waals surface area contributed by atoms with Crippen molar-refractivity contribution in [2.45, 2.75) is 264 Å². The van der Waals surface area contributed by atoms with Crippen LogP contribution in [0, 0.1) is 0 Å². The van der Waals surface area contributed by atoms with E-state index in [4.69, 9.17) is 4.74 Å². The van der Waals surface area contributed by atoms with Crippen molar-refractivity contribution in [2.24, 2.45) is 0 Å². The molecule has 0 aliphatic carbocycles. The molecule has 0 aromatic carbocycles. The van der Waals surface area contributed by atoms with Gasteiger partial charge in [-0.2, -0.15) is 0 Å². The molecule has 0 atom stereocenters. The molecule has 0 radical (unpaired) electrons. The number of unbranched alkanes of at least 4 members (excludes halogenated alkanes) is 35. The molecule has 0 bridgehead atoms. The third-order valence-corrected chi connectivity index (χ3v) is 10.2. The average Bonchev–Trinajstić information content (AvgIpc) is 3.08. The summed E-state index contributed by atoms with van der Waals surface area (Å²) in [4.78, 5) is 12.0. The molecular formula is C45H88O2. The van der Waals surface area contributed by atoms with Gasteiger partial charge < -0.3 is 4.74 Å². The van der Waals surface area contributed by atoms with Crippen LogP contribution in [0.5, 0.6) is 0 Å². The third kappa shape index (κ3) is 43.2. The Kier molecular flexibility index (Phi) is 42.5. The number of hydrogen-bond donors (Lipinski definition) is 0. The summed E-state index contributed by atoms with van der Waals surface area (Å²) >= 11 is 0. The predicted molar refractivity (Wildman–Crippen MR) is 212 cm³/mol. The highest BCUT2D eigenvalue weighted by molar-refractivity contribution is 5.69. The van der Waals surface area contributed by atoms with E-state index in [-0.39, 0.29) is 5.97 Å². The molecular weight excluding hydrogens is 572 g/mol. The van der Waals surface area contributed by atoms with Crippen molar-refractivity contribution < 1.29 is 9.53 Å². The number of carbonyl (C=O) groups excluding carboxylic acids is 1. The fourth-order valence-corrected chi connectivity index (χ4v) is 6.84. The summed E-state index contributed by atoms with van der Waals surface area (Å²) in [6.07, 6.45) is 57.4. The van der Waals surface area contributed by atoms with E-state index in [1.807, 2.05) is 0 Å². The van der Waals surface area contributed by atoms with Crippen LogP contribution >= 0.6 is 0 Å². The quantitative estimate of drug-likeness (QED) is 0.0370. The van der Waals surface area contributed by atoms with Gasteiger partial charge in [-0.05, 0) is 38.5 Å². The SMILES string of the molecule is CCCCCCCCC=CCCCCCCCCCCCC(=O)OCCCCCCCCCCCCCCCCCCCCCCC. The number of esters is 1. The highest BCUT2D eigenvalue weighted by atomic mass is 16.5. The van der Waals surface area contributed by atoms with Gasteiger partial charge in [-0.15, -0.1) is 0 Å². The predicted octanol–water partition coefficient (Wildman–Crippen LogP) is 16.3. The first-order valence-corrected chi connectivity index (χ1v) is 22.1. The van der Waals surface area contributed by atoms with Gasteiger partial charge >= 0.3 is 5.97 Å². The lowest BCUT2D eigenvalue weighted by atomic mass is 10.0. The molecule has 0 heterocycles. The summed E-state index contributed by atoms with van der Waals surface area (Å²) in [6, 6.07) is 0. The maximum absolute atomic E-state index is 12.0. The van der Waals surface area contributed by atoms with Crippen LogP contribution in [0.4, 0.5) is 0 Å². The molecule has 2 heteroatoms. The Morgan fingerprint density at radius 2 is 0.596 bits per heavy atom. The first kappa shape index (κ1) is 46.2. The molecule has 280 valence electrons. The molecule has 0 aliphatic rings. The molecule has 0 saturated heterocycles. The van der Waals surface area contributed by atoms with Crippen molar-refractivity contribution in [3.05, 3.63) is 12.2 Å². The van der Waals surface area contributed by atoms with E-state index < -0.39 is 0 Å². The lowest BCUT2D eigenvalue weighted by Gasteiger charge is -2.06. The Bertz CT molecular complexity index is 597. The Hall–Kier alpha value is -0.790. The second kappa shape index (κ2) is 43.2. The Morgan fingerprint density at radius 3 is 0.915 bits per heavy atom. The molecule has 0 spiro atoms. The number of ether oxygens (including phenoxy) is 1. The molecule has 0 rings (SSSR count). The average molecular weight is 661 g/mol. The topological polar surface area (TPSA) is 26.3 Å². The number of hydrogen-bond acceptors (Lipinski definition) is 2. The van der Waals surface area contributed by atoms with Crippen molar-refractivity contribution in [2.75, 3.05) is 6.61 Å². The lowest BCUT2D eigenvalue weighted by Crippen LogP contribution is -2.05. The van der Waals surface area contributed by atoms with E-state index in [0.29, 0.717) is 13.0 Å². The minimum absolute atomic E-state index is 0.0270. The van der Waals surface area contributed by atoms with Crippen LogP contribution in [0.1, 0.15) is 264 Å². The zero-order valence-corrected chi connectivity index (χ0v) is 32.8. The van der Waals surface area contributed by atoms with Crippen molar-refractivity contribution in [1.82, 2.24) is 0 Å². The zero-order chi connectivity index (χ0) is 34.0. The summed E-state index contributed by atoms with van der Waals surface area (Å²) < 4.78 is 5.48. The second-order valence-corrected chi connectivity index (χ2v) is 15.0.